The molecule has 0 atom stereocenters. The normalized spacial score (nSPS) is 16.0. The molecule has 53 heavy (non-hydrogen) atoms. The Hall–Kier alpha value is -4.62. The van der Waals surface area contributed by atoms with Gasteiger partial charge in [-0.05, 0) is 92.6 Å². The van der Waals surface area contributed by atoms with Crippen LogP contribution in [0, 0.1) is 12.7 Å². The molecular weight excluding hydrogens is 742 g/mol. The number of rotatable bonds is 4. The summed E-state index contributed by atoms with van der Waals surface area (Å²) in [7, 11) is 4.02. The summed E-state index contributed by atoms with van der Waals surface area (Å²) in [4.78, 5) is 36.9. The van der Waals surface area contributed by atoms with Crippen LogP contribution in [0.3, 0.4) is 0 Å². The number of anilines is 2. The standard InChI is InChI=1S/C20H17FN2OS2.C20H19N3OS2.CH4/c1-3-23-17(12-13-8-10-14(21)11-9-13)26-18(19(23)24)20-22(2)15-6-4-5-7-16(15)25-20;1-4-23-17(12-14-7-5-6-10-21-14)26-18(19(23)24)20-22(3)15-9-8-13(2)11-16(15)25-20;/h4-12H,3H2,1-2H3;5-12H,4H2,1-3H3;1H4/b2*17-12-,20-18+;. The first-order chi connectivity index (χ1) is 25.2. The van der Waals surface area contributed by atoms with E-state index in [9.17, 15) is 14.0 Å². The molecular formula is C41H40FN5O2S4. The third kappa shape index (κ3) is 7.59. The molecule has 0 unspecified atom stereocenters. The molecule has 3 aromatic heterocycles. The van der Waals surface area contributed by atoms with E-state index in [1.165, 1.54) is 45.3 Å². The second kappa shape index (κ2) is 16.2. The van der Waals surface area contributed by atoms with Crippen molar-refractivity contribution in [2.45, 2.75) is 51.1 Å². The number of hydrogen-bond donors (Lipinski definition) is 0. The molecule has 0 aliphatic carbocycles. The zero-order chi connectivity index (χ0) is 36.5. The van der Waals surface area contributed by atoms with Crippen molar-refractivity contribution in [1.82, 2.24) is 14.1 Å². The van der Waals surface area contributed by atoms with E-state index in [2.05, 4.69) is 52.0 Å². The molecule has 0 amide bonds. The van der Waals surface area contributed by atoms with E-state index in [-0.39, 0.29) is 24.4 Å². The van der Waals surface area contributed by atoms with Gasteiger partial charge in [-0.15, -0.1) is 22.7 Å². The van der Waals surface area contributed by atoms with Crippen molar-refractivity contribution < 1.29 is 4.39 Å². The highest BCUT2D eigenvalue weighted by molar-refractivity contribution is 8.09. The summed E-state index contributed by atoms with van der Waals surface area (Å²) >= 11 is 6.32. The summed E-state index contributed by atoms with van der Waals surface area (Å²) in [5, 5.41) is 1.96. The Bertz CT molecular complexity index is 2660. The Kier molecular flexibility index (Phi) is 11.6. The molecule has 0 saturated carbocycles. The van der Waals surface area contributed by atoms with Crippen LogP contribution in [0.5, 0.6) is 0 Å². The fourth-order valence-corrected chi connectivity index (χ4v) is 11.0. The number of halogens is 1. The molecule has 0 fully saturated rings. The van der Waals surface area contributed by atoms with E-state index in [1.807, 2.05) is 75.0 Å². The topological polar surface area (TPSA) is 63.4 Å². The van der Waals surface area contributed by atoms with Crippen molar-refractivity contribution in [1.29, 1.82) is 0 Å². The van der Waals surface area contributed by atoms with E-state index in [4.69, 9.17) is 0 Å². The molecule has 6 aromatic rings. The summed E-state index contributed by atoms with van der Waals surface area (Å²) in [6, 6.07) is 26.7. The molecule has 7 nitrogen and oxygen atoms in total. The lowest BCUT2D eigenvalue weighted by Gasteiger charge is -2.12. The Balaban J connectivity index is 0.000000178. The number of nitrogens with zero attached hydrogens (tertiary/aromatic N) is 5. The predicted octanol–water partition coefficient (Wildman–Crippen LogP) is 6.61. The van der Waals surface area contributed by atoms with E-state index in [1.54, 1.807) is 46.4 Å². The molecule has 3 aromatic carbocycles. The van der Waals surface area contributed by atoms with Crippen LogP contribution in [0.25, 0.3) is 22.2 Å². The van der Waals surface area contributed by atoms with Gasteiger partial charge in [0.25, 0.3) is 11.1 Å². The molecule has 8 rings (SSSR count). The van der Waals surface area contributed by atoms with E-state index in [0.717, 1.165) is 56.0 Å². The van der Waals surface area contributed by atoms with E-state index < -0.39 is 0 Å². The van der Waals surface area contributed by atoms with Gasteiger partial charge in [0.2, 0.25) is 0 Å². The van der Waals surface area contributed by atoms with Crippen LogP contribution in [-0.4, -0.2) is 28.2 Å². The monoisotopic (exact) mass is 781 g/mol. The zero-order valence-corrected chi connectivity index (χ0v) is 32.6. The minimum absolute atomic E-state index is 0. The summed E-state index contributed by atoms with van der Waals surface area (Å²) in [6.07, 6.45) is 5.69. The number of hydrogen-bond acceptors (Lipinski definition) is 9. The first kappa shape index (κ1) is 38.1. The average molecular weight is 782 g/mol. The molecule has 0 spiro atoms. The summed E-state index contributed by atoms with van der Waals surface area (Å²) in [6.45, 7) is 7.29. The number of aryl methyl sites for hydroxylation is 1. The van der Waals surface area contributed by atoms with Gasteiger partial charge in [0.1, 0.15) is 29.6 Å². The second-order valence-electron chi connectivity index (χ2n) is 12.1. The van der Waals surface area contributed by atoms with Gasteiger partial charge in [0, 0.05) is 43.2 Å². The molecule has 0 saturated heterocycles. The highest BCUT2D eigenvalue weighted by atomic mass is 32.2. The number of aromatic nitrogens is 3. The Morgan fingerprint density at radius 1 is 0.698 bits per heavy atom. The SMILES string of the molecule is C.CCn1c(=O)/c(=C2\Sc3cc(C)ccc3N2C)s/c1=C\c1ccccn1.CCn1c(=O)/c(=C2\Sc3ccccc3N2C)s/c1=C\c1ccc(F)cc1. The second-order valence-corrected chi connectivity index (χ2v) is 16.2. The minimum Gasteiger partial charge on any atom is -0.337 e. The number of para-hydroxylation sites is 1. The summed E-state index contributed by atoms with van der Waals surface area (Å²) < 4.78 is 20.1. The van der Waals surface area contributed by atoms with Crippen molar-refractivity contribution in [3.63, 3.8) is 0 Å². The predicted molar refractivity (Wildman–Crippen MR) is 224 cm³/mol. The van der Waals surface area contributed by atoms with Gasteiger partial charge in [0.05, 0.1) is 21.7 Å². The number of pyridine rings is 1. The molecule has 0 bridgehead atoms. The van der Waals surface area contributed by atoms with E-state index >= 15 is 0 Å². The van der Waals surface area contributed by atoms with E-state index in [0.29, 0.717) is 13.1 Å². The minimum atomic E-state index is -0.265. The number of benzene rings is 3. The lowest BCUT2D eigenvalue weighted by atomic mass is 10.2. The van der Waals surface area contributed by atoms with Crippen LogP contribution >= 0.6 is 46.2 Å². The zero-order valence-electron chi connectivity index (χ0n) is 29.3. The third-order valence-electron chi connectivity index (χ3n) is 8.69. The lowest BCUT2D eigenvalue weighted by molar-refractivity contribution is 0.627. The fourth-order valence-electron chi connectivity index (χ4n) is 5.99. The Morgan fingerprint density at radius 2 is 1.26 bits per heavy atom. The van der Waals surface area contributed by atoms with Gasteiger partial charge in [-0.1, -0.05) is 67.3 Å². The quantitative estimate of drug-likeness (QED) is 0.200. The van der Waals surface area contributed by atoms with Gasteiger partial charge in [-0.3, -0.25) is 23.7 Å². The maximum Gasteiger partial charge on any atom is 0.271 e. The highest BCUT2D eigenvalue weighted by Crippen LogP contribution is 2.46. The lowest BCUT2D eigenvalue weighted by Crippen LogP contribution is -2.33. The Morgan fingerprint density at radius 3 is 1.85 bits per heavy atom. The van der Waals surface area contributed by atoms with Gasteiger partial charge in [0.15, 0.2) is 0 Å². The smallest absolute Gasteiger partial charge is 0.271 e. The van der Waals surface area contributed by atoms with Crippen molar-refractivity contribution in [2.75, 3.05) is 23.9 Å². The molecule has 272 valence electrons. The van der Waals surface area contributed by atoms with Crippen LogP contribution in [0.1, 0.15) is 38.1 Å². The van der Waals surface area contributed by atoms with Gasteiger partial charge in [-0.25, -0.2) is 4.39 Å². The van der Waals surface area contributed by atoms with Crippen molar-refractivity contribution in [3.05, 3.63) is 153 Å². The number of thiazole rings is 2. The van der Waals surface area contributed by atoms with Gasteiger partial charge >= 0.3 is 0 Å². The van der Waals surface area contributed by atoms with Crippen LogP contribution in [0.15, 0.2) is 111 Å². The molecule has 12 heteroatoms. The van der Waals surface area contributed by atoms with Gasteiger partial charge < -0.3 is 9.80 Å². The largest absolute Gasteiger partial charge is 0.337 e. The molecule has 0 N–H and O–H groups in total. The number of thioether (sulfide) groups is 2. The Labute approximate surface area is 324 Å². The highest BCUT2D eigenvalue weighted by Gasteiger charge is 2.25. The van der Waals surface area contributed by atoms with Crippen molar-refractivity contribution >= 4 is 79.8 Å². The molecule has 2 aliphatic rings. The number of fused-ring (bicyclic) bond motifs is 2. The van der Waals surface area contributed by atoms with Gasteiger partial charge in [-0.2, -0.15) is 0 Å². The summed E-state index contributed by atoms with van der Waals surface area (Å²) in [5.41, 5.74) is 5.33. The summed E-state index contributed by atoms with van der Waals surface area (Å²) in [5.74, 6) is -0.265. The van der Waals surface area contributed by atoms with Crippen molar-refractivity contribution in [2.24, 2.45) is 0 Å². The average Bonchev–Trinajstić information content (AvgIpc) is 3.85. The molecule has 2 aliphatic heterocycles. The van der Waals surface area contributed by atoms with Crippen LogP contribution in [-0.2, 0) is 13.1 Å². The molecule has 0 radical (unpaired) electrons. The maximum atomic E-state index is 13.1. The molecule has 5 heterocycles. The first-order valence-corrected chi connectivity index (χ1v) is 20.0. The van der Waals surface area contributed by atoms with Crippen molar-refractivity contribution in [3.8, 4) is 0 Å². The van der Waals surface area contributed by atoms with Crippen LogP contribution < -0.4 is 39.3 Å². The maximum absolute atomic E-state index is 13.1. The fraction of sp³-hybridized carbons (Fsp3) is 0.195. The van der Waals surface area contributed by atoms with Crippen LogP contribution in [0.2, 0.25) is 0 Å². The van der Waals surface area contributed by atoms with Crippen LogP contribution in [0.4, 0.5) is 15.8 Å². The first-order valence-electron chi connectivity index (χ1n) is 16.8. The third-order valence-corrected chi connectivity index (χ3v) is 13.6.